The third-order valence-electron chi connectivity index (χ3n) is 5.79. The Labute approximate surface area is 125 Å². The Bertz CT molecular complexity index is 583. The summed E-state index contributed by atoms with van der Waals surface area (Å²) in [7, 11) is 0. The minimum atomic E-state index is -2.47. The van der Waals surface area contributed by atoms with Crippen molar-refractivity contribution in [1.82, 2.24) is 0 Å². The summed E-state index contributed by atoms with van der Waals surface area (Å²) in [5.41, 5.74) is -3.43. The van der Waals surface area contributed by atoms with Gasteiger partial charge >= 0.3 is 5.97 Å². The molecule has 2 heterocycles. The van der Waals surface area contributed by atoms with Crippen LogP contribution in [0.5, 0.6) is 0 Å². The second-order valence-corrected chi connectivity index (χ2v) is 6.99. The van der Waals surface area contributed by atoms with E-state index in [0.29, 0.717) is 0 Å². The van der Waals surface area contributed by atoms with Crippen LogP contribution in [0.3, 0.4) is 0 Å². The summed E-state index contributed by atoms with van der Waals surface area (Å²) >= 11 is 0. The number of carbonyl (C=O) groups is 1. The first-order chi connectivity index (χ1) is 10.1. The lowest BCUT2D eigenvalue weighted by Crippen LogP contribution is -2.57. The first-order valence-corrected chi connectivity index (χ1v) is 7.16. The highest BCUT2D eigenvalue weighted by Crippen LogP contribution is 2.67. The van der Waals surface area contributed by atoms with Crippen LogP contribution >= 0.6 is 0 Å². The van der Waals surface area contributed by atoms with Gasteiger partial charge in [-0.1, -0.05) is 6.58 Å². The van der Waals surface area contributed by atoms with Crippen molar-refractivity contribution < 1.29 is 39.8 Å². The van der Waals surface area contributed by atoms with Gasteiger partial charge in [-0.2, -0.15) is 0 Å². The molecule has 2 aliphatic carbocycles. The lowest BCUT2D eigenvalue weighted by Gasteiger charge is -2.39. The molecule has 8 nitrogen and oxygen atoms in total. The van der Waals surface area contributed by atoms with Crippen LogP contribution in [0, 0.1) is 11.8 Å². The summed E-state index contributed by atoms with van der Waals surface area (Å²) in [6.45, 7) is 4.93. The number of rotatable bonds is 0. The van der Waals surface area contributed by atoms with E-state index in [0.717, 1.165) is 0 Å². The van der Waals surface area contributed by atoms with Crippen molar-refractivity contribution in [2.75, 3.05) is 0 Å². The lowest BCUT2D eigenvalue weighted by atomic mass is 9.75. The normalized spacial score (nSPS) is 58.5. The summed E-state index contributed by atoms with van der Waals surface area (Å²) in [5.74, 6) is -5.17. The molecule has 4 fully saturated rings. The van der Waals surface area contributed by atoms with Gasteiger partial charge in [0.15, 0.2) is 11.4 Å². The van der Waals surface area contributed by atoms with Crippen molar-refractivity contribution in [2.45, 2.75) is 54.7 Å². The maximum absolute atomic E-state index is 11.8. The molecule has 0 aromatic heterocycles. The predicted molar refractivity (Wildman–Crippen MR) is 68.0 cm³/mol. The number of carbonyl (C=O) groups excluding carboxylic acids is 1. The zero-order valence-corrected chi connectivity index (χ0v) is 11.8. The number of epoxide rings is 1. The number of esters is 1. The number of aliphatic hydroxyl groups is 5. The van der Waals surface area contributed by atoms with Crippen LogP contribution in [0.1, 0.15) is 13.3 Å². The van der Waals surface area contributed by atoms with Crippen LogP contribution in [-0.2, 0) is 14.3 Å². The Balaban J connectivity index is 1.90. The topological polar surface area (TPSA) is 140 Å². The Kier molecular flexibility index (Phi) is 2.46. The predicted octanol–water partition coefficient (Wildman–Crippen LogP) is -2.59. The van der Waals surface area contributed by atoms with E-state index < -0.39 is 65.6 Å². The fourth-order valence-corrected chi connectivity index (χ4v) is 4.71. The highest BCUT2D eigenvalue weighted by Gasteiger charge is 2.88. The molecule has 2 aliphatic heterocycles. The molecule has 0 bridgehead atoms. The van der Waals surface area contributed by atoms with Gasteiger partial charge in [-0.05, 0) is 6.92 Å². The quantitative estimate of drug-likeness (QED) is 0.142. The molecule has 4 unspecified atom stereocenters. The van der Waals surface area contributed by atoms with Gasteiger partial charge in [-0.3, -0.25) is 0 Å². The van der Waals surface area contributed by atoms with Crippen LogP contribution < -0.4 is 0 Å². The summed E-state index contributed by atoms with van der Waals surface area (Å²) in [6, 6.07) is 0. The Morgan fingerprint density at radius 2 is 1.91 bits per heavy atom. The maximum atomic E-state index is 11.8. The number of fused-ring (bicyclic) bond motifs is 2. The minimum absolute atomic E-state index is 0.0136. The molecule has 8 atom stereocenters. The number of hydrogen-bond donors (Lipinski definition) is 5. The highest BCUT2D eigenvalue weighted by molar-refractivity contribution is 5.91. The Hall–Kier alpha value is -1.03. The molecule has 0 aromatic carbocycles. The SMILES string of the molecule is C=C1C(=O)OC2C3C4(OC4[C@H](O)[C@@]3(C)O)C(O)(O)C[C@@H](O)[C@@H]12. The van der Waals surface area contributed by atoms with Crippen molar-refractivity contribution in [3.8, 4) is 0 Å². The van der Waals surface area contributed by atoms with Crippen molar-refractivity contribution in [2.24, 2.45) is 11.8 Å². The molecule has 1 spiro atoms. The second-order valence-electron chi connectivity index (χ2n) is 6.99. The molecule has 4 aliphatic rings. The second kappa shape index (κ2) is 3.72. The van der Waals surface area contributed by atoms with Crippen molar-refractivity contribution in [1.29, 1.82) is 0 Å². The fourth-order valence-electron chi connectivity index (χ4n) is 4.71. The summed E-state index contributed by atoms with van der Waals surface area (Å²) < 4.78 is 10.6. The summed E-state index contributed by atoms with van der Waals surface area (Å²) in [4.78, 5) is 11.8. The first-order valence-electron chi connectivity index (χ1n) is 7.16. The summed E-state index contributed by atoms with van der Waals surface area (Å²) in [5, 5.41) is 52.0. The molecule has 5 N–H and O–H groups in total. The van der Waals surface area contributed by atoms with Crippen LogP contribution in [-0.4, -0.2) is 72.9 Å². The van der Waals surface area contributed by atoms with Crippen LogP contribution in [0.15, 0.2) is 12.2 Å². The van der Waals surface area contributed by atoms with Crippen molar-refractivity contribution in [3.05, 3.63) is 12.2 Å². The number of hydrogen-bond acceptors (Lipinski definition) is 8. The molecular formula is C14H18O8. The smallest absolute Gasteiger partial charge is 0.334 e. The zero-order chi connectivity index (χ0) is 16.2. The van der Waals surface area contributed by atoms with E-state index in [2.05, 4.69) is 6.58 Å². The van der Waals surface area contributed by atoms with Gasteiger partial charge in [0.2, 0.25) is 0 Å². The maximum Gasteiger partial charge on any atom is 0.334 e. The van der Waals surface area contributed by atoms with Gasteiger partial charge < -0.3 is 35.0 Å². The molecule has 2 saturated heterocycles. The van der Waals surface area contributed by atoms with Gasteiger partial charge in [0.05, 0.1) is 23.5 Å². The minimum Gasteiger partial charge on any atom is -0.458 e. The van der Waals surface area contributed by atoms with Gasteiger partial charge in [-0.25, -0.2) is 4.79 Å². The van der Waals surface area contributed by atoms with Gasteiger partial charge in [0.25, 0.3) is 0 Å². The Morgan fingerprint density at radius 1 is 1.27 bits per heavy atom. The molecular weight excluding hydrogens is 296 g/mol. The van der Waals surface area contributed by atoms with E-state index in [9.17, 15) is 30.3 Å². The molecule has 0 radical (unpaired) electrons. The fraction of sp³-hybridized carbons (Fsp3) is 0.786. The van der Waals surface area contributed by atoms with Crippen molar-refractivity contribution in [3.63, 3.8) is 0 Å². The van der Waals surface area contributed by atoms with Gasteiger partial charge in [0, 0.05) is 12.0 Å². The molecule has 0 aromatic rings. The van der Waals surface area contributed by atoms with Crippen molar-refractivity contribution >= 4 is 5.97 Å². The summed E-state index contributed by atoms with van der Waals surface area (Å²) in [6.07, 6.45) is -5.20. The van der Waals surface area contributed by atoms with E-state index in [1.54, 1.807) is 0 Å². The monoisotopic (exact) mass is 314 g/mol. The third-order valence-corrected chi connectivity index (χ3v) is 5.79. The van der Waals surface area contributed by atoms with E-state index in [-0.39, 0.29) is 5.57 Å². The lowest BCUT2D eigenvalue weighted by molar-refractivity contribution is -0.248. The highest BCUT2D eigenvalue weighted by atomic mass is 16.7. The van der Waals surface area contributed by atoms with E-state index in [1.807, 2.05) is 0 Å². The molecule has 2 saturated carbocycles. The van der Waals surface area contributed by atoms with E-state index in [1.165, 1.54) is 6.92 Å². The van der Waals surface area contributed by atoms with Gasteiger partial charge in [-0.15, -0.1) is 0 Å². The van der Waals surface area contributed by atoms with E-state index in [4.69, 9.17) is 9.47 Å². The van der Waals surface area contributed by atoms with Crippen LogP contribution in [0.2, 0.25) is 0 Å². The average Bonchev–Trinajstić information content (AvgIpc) is 3.02. The Morgan fingerprint density at radius 3 is 2.55 bits per heavy atom. The number of aliphatic hydroxyl groups excluding tert-OH is 2. The molecule has 0 amide bonds. The third kappa shape index (κ3) is 1.33. The van der Waals surface area contributed by atoms with E-state index >= 15 is 0 Å². The molecule has 22 heavy (non-hydrogen) atoms. The molecule has 122 valence electrons. The zero-order valence-electron chi connectivity index (χ0n) is 11.8. The van der Waals surface area contributed by atoms with Crippen LogP contribution in [0.25, 0.3) is 0 Å². The number of ether oxygens (including phenoxy) is 2. The largest absolute Gasteiger partial charge is 0.458 e. The average molecular weight is 314 g/mol. The van der Waals surface area contributed by atoms with Crippen LogP contribution in [0.4, 0.5) is 0 Å². The molecule has 4 rings (SSSR count). The standard InChI is InChI=1S/C14H18O8/c1-4-6-5(15)3-13(19,20)14-8(7(6)21-11(4)17)12(2,18)9(16)10(14)22-14/h5-10,15-16,18-20H,1,3H2,2H3/t5-,6-,7?,8?,9+,10?,12+,14?/m1/s1. The van der Waals surface area contributed by atoms with Gasteiger partial charge in [0.1, 0.15) is 18.3 Å². The first kappa shape index (κ1) is 14.6. The molecule has 8 heteroatoms.